The fraction of sp³-hybridized carbons (Fsp3) is 0.562. The fourth-order valence-corrected chi connectivity index (χ4v) is 9.13. The highest BCUT2D eigenvalue weighted by Crippen LogP contribution is 2.36. The van der Waals surface area contributed by atoms with Crippen molar-refractivity contribution in [1.29, 1.82) is 0 Å². The normalized spacial score (nSPS) is 23.2. The van der Waals surface area contributed by atoms with Crippen LogP contribution >= 0.6 is 11.3 Å². The van der Waals surface area contributed by atoms with Crippen LogP contribution < -0.4 is 5.32 Å². The van der Waals surface area contributed by atoms with Crippen LogP contribution in [0.15, 0.2) is 53.4 Å². The van der Waals surface area contributed by atoms with Gasteiger partial charge >= 0.3 is 6.09 Å². The molecule has 2 aliphatic heterocycles. The molecular formula is C32H44N4O8S2. The molecule has 46 heavy (non-hydrogen) atoms. The molecule has 2 aromatic carbocycles. The van der Waals surface area contributed by atoms with Crippen molar-refractivity contribution in [2.75, 3.05) is 31.6 Å². The van der Waals surface area contributed by atoms with Crippen LogP contribution in [-0.4, -0.2) is 107 Å². The molecule has 252 valence electrons. The minimum Gasteiger partial charge on any atom is -0.465 e. The quantitative estimate of drug-likeness (QED) is 0.209. The molecule has 1 aromatic heterocycles. The number of nitrogens with one attached hydrogen (secondary N) is 1. The number of nitrogens with zero attached hydrogens (tertiary/aromatic N) is 3. The number of aromatic nitrogens is 1. The average molecular weight is 677 g/mol. The maximum atomic E-state index is 14.2. The van der Waals surface area contributed by atoms with E-state index in [1.54, 1.807) is 12.1 Å². The molecule has 2 aliphatic rings. The van der Waals surface area contributed by atoms with Gasteiger partial charge in [-0.15, -0.1) is 0 Å². The number of fused-ring (bicyclic) bond motifs is 2. The monoisotopic (exact) mass is 676 g/mol. The summed E-state index contributed by atoms with van der Waals surface area (Å²) in [6.07, 6.45) is -3.96. The van der Waals surface area contributed by atoms with E-state index >= 15 is 0 Å². The molecule has 5 rings (SSSR count). The van der Waals surface area contributed by atoms with Crippen molar-refractivity contribution in [2.24, 2.45) is 11.8 Å². The van der Waals surface area contributed by atoms with E-state index in [9.17, 15) is 28.5 Å². The maximum Gasteiger partial charge on any atom is 0.407 e. The van der Waals surface area contributed by atoms with Crippen LogP contribution in [0.5, 0.6) is 0 Å². The summed E-state index contributed by atoms with van der Waals surface area (Å²) in [7, 11) is -4.11. The van der Waals surface area contributed by atoms with Crippen molar-refractivity contribution in [3.8, 4) is 0 Å². The van der Waals surface area contributed by atoms with Gasteiger partial charge in [-0.05, 0) is 56.4 Å². The van der Waals surface area contributed by atoms with E-state index in [0.29, 0.717) is 21.8 Å². The molecule has 0 bridgehead atoms. The molecule has 14 heteroatoms. The summed E-state index contributed by atoms with van der Waals surface area (Å²) in [5.74, 6) is -0.729. The molecule has 12 nitrogen and oxygen atoms in total. The topological polar surface area (TPSA) is 162 Å². The van der Waals surface area contributed by atoms with E-state index in [0.717, 1.165) is 5.56 Å². The van der Waals surface area contributed by atoms with Crippen molar-refractivity contribution < 1.29 is 38.0 Å². The van der Waals surface area contributed by atoms with Crippen LogP contribution in [0.2, 0.25) is 0 Å². The van der Waals surface area contributed by atoms with Gasteiger partial charge in [-0.2, -0.15) is 4.31 Å². The van der Waals surface area contributed by atoms with Crippen molar-refractivity contribution in [1.82, 2.24) is 14.2 Å². The van der Waals surface area contributed by atoms with Crippen molar-refractivity contribution in [3.05, 3.63) is 54.1 Å². The second-order valence-electron chi connectivity index (χ2n) is 12.8. The standard InChI is InChI=1S/C32H44N4O8S2/c1-19(2)16-35(46(41,42)22-10-11-23-28(15-22)45-31(34-23)33-20(3)4)17-26(37)25(14-21-8-6-5-7-9-21)36(32(39)40)24-12-13-43-30-29(24)27(38)18-44-30/h5-11,15,19-20,24-27,29-30,37-38H,12-14,16-18H2,1-4H3,(H,33,34)(H,39,40)/t24?,25?,26-,27?,29?,30?/m1/s1. The molecule has 0 spiro atoms. The highest BCUT2D eigenvalue weighted by atomic mass is 32.2. The van der Waals surface area contributed by atoms with E-state index in [1.807, 2.05) is 58.0 Å². The largest absolute Gasteiger partial charge is 0.465 e. The second kappa shape index (κ2) is 14.5. The van der Waals surface area contributed by atoms with Crippen molar-refractivity contribution >= 4 is 42.8 Å². The molecule has 2 fully saturated rings. The Labute approximate surface area is 274 Å². The molecule has 0 radical (unpaired) electrons. The molecule has 3 aromatic rings. The number of benzene rings is 2. The summed E-state index contributed by atoms with van der Waals surface area (Å²) in [6, 6.07) is 12.4. The molecule has 4 N–H and O–H groups in total. The van der Waals surface area contributed by atoms with Crippen LogP contribution in [0.4, 0.5) is 9.93 Å². The summed E-state index contributed by atoms with van der Waals surface area (Å²) in [4.78, 5) is 18.8. The first kappa shape index (κ1) is 34.5. The Morgan fingerprint density at radius 3 is 2.52 bits per heavy atom. The van der Waals surface area contributed by atoms with Gasteiger partial charge in [0.05, 0.1) is 52.5 Å². The van der Waals surface area contributed by atoms with Crippen LogP contribution in [0.25, 0.3) is 10.2 Å². The smallest absolute Gasteiger partial charge is 0.407 e. The molecule has 5 unspecified atom stereocenters. The number of rotatable bonds is 13. The van der Waals surface area contributed by atoms with Gasteiger partial charge in [0.15, 0.2) is 11.4 Å². The first-order chi connectivity index (χ1) is 21.8. The van der Waals surface area contributed by atoms with E-state index in [-0.39, 0.29) is 49.6 Å². The number of amides is 1. The zero-order valence-electron chi connectivity index (χ0n) is 26.5. The van der Waals surface area contributed by atoms with Gasteiger partial charge in [0.1, 0.15) is 0 Å². The predicted octanol–water partition coefficient (Wildman–Crippen LogP) is 3.84. The van der Waals surface area contributed by atoms with Crippen LogP contribution in [0, 0.1) is 11.8 Å². The Bertz CT molecular complexity index is 1580. The molecule has 0 aliphatic carbocycles. The van der Waals surface area contributed by atoms with Gasteiger partial charge in [-0.1, -0.05) is 55.5 Å². The number of aliphatic hydroxyl groups is 2. The van der Waals surface area contributed by atoms with Crippen molar-refractivity contribution in [2.45, 2.75) is 82.1 Å². The van der Waals surface area contributed by atoms with E-state index in [4.69, 9.17) is 9.47 Å². The number of thiazole rings is 1. The molecule has 6 atom stereocenters. The van der Waals surface area contributed by atoms with E-state index < -0.39 is 52.6 Å². The number of carboxylic acid groups (broad SMARTS) is 1. The van der Waals surface area contributed by atoms with Gasteiger partial charge in [0, 0.05) is 25.2 Å². The second-order valence-corrected chi connectivity index (χ2v) is 15.7. The third kappa shape index (κ3) is 7.64. The molecule has 1 amide bonds. The molecule has 3 heterocycles. The lowest BCUT2D eigenvalue weighted by Crippen LogP contribution is -2.61. The Hall–Kier alpha value is -2.85. The fourth-order valence-electron chi connectivity index (χ4n) is 6.35. The summed E-state index contributed by atoms with van der Waals surface area (Å²) in [6.45, 7) is 7.79. The van der Waals surface area contributed by atoms with Gasteiger partial charge in [-0.3, -0.25) is 4.90 Å². The van der Waals surface area contributed by atoms with Crippen LogP contribution in [-0.2, 0) is 25.9 Å². The first-order valence-electron chi connectivity index (χ1n) is 15.7. The number of anilines is 1. The highest BCUT2D eigenvalue weighted by Gasteiger charge is 2.50. The van der Waals surface area contributed by atoms with Crippen molar-refractivity contribution in [3.63, 3.8) is 0 Å². The Balaban J connectivity index is 1.49. The third-order valence-electron chi connectivity index (χ3n) is 8.37. The number of aliphatic hydroxyl groups excluding tert-OH is 2. The lowest BCUT2D eigenvalue weighted by molar-refractivity contribution is -0.175. The first-order valence-corrected chi connectivity index (χ1v) is 17.9. The Morgan fingerprint density at radius 2 is 1.85 bits per heavy atom. The Morgan fingerprint density at radius 1 is 1.11 bits per heavy atom. The number of sulfonamides is 1. The van der Waals surface area contributed by atoms with E-state index in [2.05, 4.69) is 10.3 Å². The summed E-state index contributed by atoms with van der Waals surface area (Å²) in [5.41, 5.74) is 1.46. The van der Waals surface area contributed by atoms with Gasteiger partial charge in [-0.25, -0.2) is 18.2 Å². The van der Waals surface area contributed by atoms with Crippen LogP contribution in [0.1, 0.15) is 39.7 Å². The SMILES string of the molecule is CC(C)CN(C[C@@H](O)C(Cc1ccccc1)N(C(=O)O)C1CCOC2OCC(O)C21)S(=O)(=O)c1ccc2nc(NC(C)C)sc2c1. The molecular weight excluding hydrogens is 633 g/mol. The van der Waals surface area contributed by atoms with Gasteiger partial charge < -0.3 is 30.1 Å². The van der Waals surface area contributed by atoms with Gasteiger partial charge in [0.2, 0.25) is 10.0 Å². The highest BCUT2D eigenvalue weighted by molar-refractivity contribution is 7.89. The summed E-state index contributed by atoms with van der Waals surface area (Å²) < 4.78 is 41.6. The number of hydrogen-bond donors (Lipinski definition) is 4. The zero-order valence-corrected chi connectivity index (χ0v) is 28.2. The minimum absolute atomic E-state index is 0.0186. The maximum absolute atomic E-state index is 14.2. The van der Waals surface area contributed by atoms with Gasteiger partial charge in [0.25, 0.3) is 0 Å². The third-order valence-corrected chi connectivity index (χ3v) is 11.1. The van der Waals surface area contributed by atoms with E-state index in [1.165, 1.54) is 26.6 Å². The zero-order chi connectivity index (χ0) is 33.2. The summed E-state index contributed by atoms with van der Waals surface area (Å²) in [5, 5.41) is 37.2. The lowest BCUT2D eigenvalue weighted by atomic mass is 9.87. The summed E-state index contributed by atoms with van der Waals surface area (Å²) >= 11 is 1.36. The number of ether oxygens (including phenoxy) is 2. The number of carbonyl (C=O) groups is 1. The minimum atomic E-state index is -4.11. The average Bonchev–Trinajstić information content (AvgIpc) is 3.58. The Kier molecular flexibility index (Phi) is 10.9. The molecule has 2 saturated heterocycles. The lowest BCUT2D eigenvalue weighted by Gasteiger charge is -2.45. The number of hydrogen-bond acceptors (Lipinski definition) is 10. The predicted molar refractivity (Wildman–Crippen MR) is 175 cm³/mol. The van der Waals surface area contributed by atoms with Crippen LogP contribution in [0.3, 0.4) is 0 Å². The molecule has 0 saturated carbocycles.